The third kappa shape index (κ3) is 5.37. The molecule has 0 radical (unpaired) electrons. The van der Waals surface area contributed by atoms with E-state index in [1.165, 1.54) is 0 Å². The highest BCUT2D eigenvalue weighted by atomic mass is 35.5. The maximum Gasteiger partial charge on any atom is 0.229 e. The monoisotopic (exact) mass is 601 g/mol. The van der Waals surface area contributed by atoms with E-state index in [0.29, 0.717) is 21.6 Å². The van der Waals surface area contributed by atoms with Gasteiger partial charge in [-0.2, -0.15) is 0 Å². The van der Waals surface area contributed by atoms with Crippen molar-refractivity contribution in [2.24, 2.45) is 5.41 Å². The smallest absolute Gasteiger partial charge is 0.229 e. The number of carbonyl (C=O) groups is 1. The van der Waals surface area contributed by atoms with Crippen molar-refractivity contribution in [3.05, 3.63) is 100 Å². The number of methoxy groups -OCH3 is 1. The highest BCUT2D eigenvalue weighted by Crippen LogP contribution is 2.46. The summed E-state index contributed by atoms with van der Waals surface area (Å²) in [7, 11) is 1.60. The van der Waals surface area contributed by atoms with E-state index in [0.717, 1.165) is 39.6 Å². The van der Waals surface area contributed by atoms with Gasteiger partial charge >= 0.3 is 0 Å². The molecule has 1 amide bonds. The molecule has 2 aromatic carbocycles. The number of hydrogen-bond acceptors (Lipinski definition) is 4. The summed E-state index contributed by atoms with van der Waals surface area (Å²) >= 11 is 12.4. The molecule has 2 N–H and O–H groups in total. The topological polar surface area (TPSA) is 71.4 Å². The van der Waals surface area contributed by atoms with Gasteiger partial charge in [0.05, 0.1) is 30.6 Å². The first-order valence-electron chi connectivity index (χ1n) is 13.9. The third-order valence-electron chi connectivity index (χ3n) is 7.86. The predicted octanol–water partition coefficient (Wildman–Crippen LogP) is 7.62. The van der Waals surface area contributed by atoms with Gasteiger partial charge in [0.1, 0.15) is 5.75 Å². The number of amides is 1. The number of benzene rings is 2. The number of hydrogen-bond donors (Lipinski definition) is 2. The largest absolute Gasteiger partial charge is 0.494 e. The molecule has 1 aliphatic rings. The van der Waals surface area contributed by atoms with Crippen LogP contribution in [0.4, 0.5) is 11.4 Å². The van der Waals surface area contributed by atoms with E-state index in [1.54, 1.807) is 13.3 Å². The van der Waals surface area contributed by atoms with E-state index >= 15 is 0 Å². The molecule has 4 aromatic rings. The molecule has 9 heteroatoms. The number of carbonyl (C=O) groups excluding carboxylic acids is 1. The molecule has 1 aliphatic heterocycles. The van der Waals surface area contributed by atoms with Crippen molar-refractivity contribution in [1.29, 1.82) is 0 Å². The summed E-state index contributed by atoms with van der Waals surface area (Å²) < 4.78 is 8.00. The summed E-state index contributed by atoms with van der Waals surface area (Å²) in [6.45, 7) is 12.0. The van der Waals surface area contributed by atoms with E-state index in [1.807, 2.05) is 75.4 Å². The zero-order valence-electron chi connectivity index (χ0n) is 24.9. The molecule has 218 valence electrons. The molecule has 0 aliphatic carbocycles. The second-order valence-corrected chi connectivity index (χ2v) is 12.4. The molecule has 0 bridgehead atoms. The summed E-state index contributed by atoms with van der Waals surface area (Å²) in [6, 6.07) is 19.1. The number of thiocarbonyl (C=S) groups is 1. The Morgan fingerprint density at radius 3 is 2.43 bits per heavy atom. The van der Waals surface area contributed by atoms with Gasteiger partial charge in [0, 0.05) is 51.0 Å². The van der Waals surface area contributed by atoms with Gasteiger partial charge in [0.15, 0.2) is 5.11 Å². The quantitative estimate of drug-likeness (QED) is 0.222. The maximum absolute atomic E-state index is 12.8. The molecule has 2 atom stereocenters. The SMILES string of the molecule is COc1cc(N2C(=S)N[C@@H](c3ccccn3)[C@H]2c2c(C)c(C)n(-c3cccc(Cl)c3)c2C)ccc1NC(=O)C(C)(C)C. The van der Waals surface area contributed by atoms with Gasteiger partial charge in [0.2, 0.25) is 5.91 Å². The average molecular weight is 602 g/mol. The fraction of sp³-hybridized carbons (Fsp3) is 0.303. The Hall–Kier alpha value is -3.88. The fourth-order valence-corrected chi connectivity index (χ4v) is 6.14. The predicted molar refractivity (Wildman–Crippen MR) is 174 cm³/mol. The van der Waals surface area contributed by atoms with Crippen molar-refractivity contribution in [1.82, 2.24) is 14.9 Å². The van der Waals surface area contributed by atoms with Crippen molar-refractivity contribution < 1.29 is 9.53 Å². The van der Waals surface area contributed by atoms with Gasteiger partial charge in [-0.25, -0.2) is 0 Å². The van der Waals surface area contributed by atoms with Crippen LogP contribution in [0.1, 0.15) is 61.1 Å². The number of halogens is 1. The van der Waals surface area contributed by atoms with Crippen molar-refractivity contribution in [2.45, 2.75) is 53.6 Å². The number of anilines is 2. The fourth-order valence-electron chi connectivity index (χ4n) is 5.61. The number of nitrogens with zero attached hydrogens (tertiary/aromatic N) is 3. The summed E-state index contributed by atoms with van der Waals surface area (Å²) in [6.07, 6.45) is 1.80. The van der Waals surface area contributed by atoms with Crippen molar-refractivity contribution in [3.63, 3.8) is 0 Å². The lowest BCUT2D eigenvalue weighted by Gasteiger charge is -2.29. The highest BCUT2D eigenvalue weighted by Gasteiger charge is 2.43. The Morgan fingerprint density at radius 1 is 1.02 bits per heavy atom. The minimum absolute atomic E-state index is 0.0934. The second kappa shape index (κ2) is 11.4. The van der Waals surface area contributed by atoms with Crippen LogP contribution < -0.4 is 20.3 Å². The van der Waals surface area contributed by atoms with Crippen LogP contribution in [-0.4, -0.2) is 27.7 Å². The first-order chi connectivity index (χ1) is 19.9. The Morgan fingerprint density at radius 2 is 1.79 bits per heavy atom. The molecular formula is C33H36ClN5O2S. The van der Waals surface area contributed by atoms with Crippen LogP contribution in [0.25, 0.3) is 5.69 Å². The lowest BCUT2D eigenvalue weighted by molar-refractivity contribution is -0.123. The summed E-state index contributed by atoms with van der Waals surface area (Å²) in [5.41, 5.74) is 7.32. The Kier molecular flexibility index (Phi) is 8.05. The zero-order valence-corrected chi connectivity index (χ0v) is 26.5. The van der Waals surface area contributed by atoms with Crippen LogP contribution in [0.3, 0.4) is 0 Å². The lowest BCUT2D eigenvalue weighted by Crippen LogP contribution is -2.30. The first kappa shape index (κ1) is 29.6. The molecule has 2 aromatic heterocycles. The van der Waals surface area contributed by atoms with Crippen molar-refractivity contribution >= 4 is 46.2 Å². The Bertz CT molecular complexity index is 1660. The molecule has 1 fully saturated rings. The molecule has 7 nitrogen and oxygen atoms in total. The van der Waals surface area contributed by atoms with Gasteiger partial charge in [-0.05, 0) is 81.0 Å². The molecular weight excluding hydrogens is 566 g/mol. The molecule has 5 rings (SSSR count). The molecule has 3 heterocycles. The summed E-state index contributed by atoms with van der Waals surface area (Å²) in [4.78, 5) is 19.6. The highest BCUT2D eigenvalue weighted by molar-refractivity contribution is 7.80. The second-order valence-electron chi connectivity index (χ2n) is 11.6. The van der Waals surface area contributed by atoms with E-state index in [9.17, 15) is 4.79 Å². The third-order valence-corrected chi connectivity index (χ3v) is 8.41. The Labute approximate surface area is 257 Å². The summed E-state index contributed by atoms with van der Waals surface area (Å²) in [5, 5.41) is 7.82. The van der Waals surface area contributed by atoms with Crippen LogP contribution in [0, 0.1) is 26.2 Å². The van der Waals surface area contributed by atoms with Crippen LogP contribution in [0.15, 0.2) is 66.9 Å². The molecule has 0 unspecified atom stereocenters. The molecule has 42 heavy (non-hydrogen) atoms. The van der Waals surface area contributed by atoms with E-state index in [-0.39, 0.29) is 18.0 Å². The maximum atomic E-state index is 12.8. The van der Waals surface area contributed by atoms with E-state index < -0.39 is 5.41 Å². The standard InChI is InChI=1S/C33H36ClN5O2S/c1-19-20(2)38(23-12-10-11-22(34)17-23)21(3)28(19)30-29(26-13-8-9-16-35-26)37-32(42)39(30)24-14-15-25(27(18-24)41-7)36-31(40)33(4,5)6/h8-18,29-30H,1-7H3,(H,36,40)(H,37,42)/t29-,30+/m0/s1. The van der Waals surface area contributed by atoms with Crippen molar-refractivity contribution in [3.8, 4) is 11.4 Å². The van der Waals surface area contributed by atoms with Gasteiger partial charge in [0.25, 0.3) is 0 Å². The zero-order chi connectivity index (χ0) is 30.3. The van der Waals surface area contributed by atoms with Crippen LogP contribution in [-0.2, 0) is 4.79 Å². The number of ether oxygens (including phenoxy) is 1. The van der Waals surface area contributed by atoms with Crippen LogP contribution >= 0.6 is 23.8 Å². The summed E-state index contributed by atoms with van der Waals surface area (Å²) in [5.74, 6) is 0.457. The first-order valence-corrected chi connectivity index (χ1v) is 14.7. The normalized spacial score (nSPS) is 16.9. The van der Waals surface area contributed by atoms with Gasteiger partial charge in [-0.1, -0.05) is 44.5 Å². The van der Waals surface area contributed by atoms with Crippen LogP contribution in [0.5, 0.6) is 5.75 Å². The number of rotatable bonds is 6. The van der Waals surface area contributed by atoms with Crippen LogP contribution in [0.2, 0.25) is 5.02 Å². The lowest BCUT2D eigenvalue weighted by atomic mass is 9.93. The number of pyridine rings is 1. The average Bonchev–Trinajstić information content (AvgIpc) is 3.40. The Balaban J connectivity index is 1.67. The molecule has 0 spiro atoms. The van der Waals surface area contributed by atoms with Gasteiger partial charge < -0.3 is 24.8 Å². The minimum atomic E-state index is -0.547. The van der Waals surface area contributed by atoms with Crippen molar-refractivity contribution in [2.75, 3.05) is 17.3 Å². The number of nitrogens with one attached hydrogen (secondary N) is 2. The van der Waals surface area contributed by atoms with E-state index in [2.05, 4.69) is 46.9 Å². The minimum Gasteiger partial charge on any atom is -0.494 e. The van der Waals surface area contributed by atoms with E-state index in [4.69, 9.17) is 33.5 Å². The van der Waals surface area contributed by atoms with Gasteiger partial charge in [-0.3, -0.25) is 9.78 Å². The van der Waals surface area contributed by atoms with Gasteiger partial charge in [-0.15, -0.1) is 0 Å². The molecule has 1 saturated heterocycles. The molecule has 0 saturated carbocycles. The number of aromatic nitrogens is 2.